The van der Waals surface area contributed by atoms with E-state index in [0.717, 1.165) is 11.2 Å². The molecule has 4 heterocycles. The molecule has 0 spiro atoms. The maximum atomic E-state index is 13.7. The summed E-state index contributed by atoms with van der Waals surface area (Å²) >= 11 is 0. The SMILES string of the molecule is CC1CN(c2ccc(C#N)n3nccc23)CC(C(=O)NCC2CNCC2(F)F)O1. The number of pyridine rings is 1. The Hall–Kier alpha value is -2.77. The molecule has 2 N–H and O–H groups in total. The molecule has 0 bridgehead atoms. The van der Waals surface area contributed by atoms with Crippen molar-refractivity contribution in [3.05, 3.63) is 30.1 Å². The van der Waals surface area contributed by atoms with E-state index in [2.05, 4.69) is 21.8 Å². The zero-order chi connectivity index (χ0) is 20.6. The molecule has 2 aliphatic heterocycles. The highest BCUT2D eigenvalue weighted by Gasteiger charge is 2.44. The number of rotatable bonds is 4. The number of fused-ring (bicyclic) bond motifs is 1. The average molecular weight is 404 g/mol. The largest absolute Gasteiger partial charge is 0.364 e. The van der Waals surface area contributed by atoms with E-state index < -0.39 is 23.9 Å². The van der Waals surface area contributed by atoms with E-state index in [-0.39, 0.29) is 32.3 Å². The molecule has 2 saturated heterocycles. The molecule has 10 heteroatoms. The number of hydrogen-bond donors (Lipinski definition) is 2. The molecule has 1 amide bonds. The molecule has 4 rings (SSSR count). The van der Waals surface area contributed by atoms with E-state index in [4.69, 9.17) is 4.74 Å². The van der Waals surface area contributed by atoms with Gasteiger partial charge in [-0.05, 0) is 25.1 Å². The molecule has 0 radical (unpaired) electrons. The normalized spacial score (nSPS) is 26.4. The molecule has 0 saturated carbocycles. The van der Waals surface area contributed by atoms with Crippen LogP contribution >= 0.6 is 0 Å². The van der Waals surface area contributed by atoms with E-state index in [1.165, 1.54) is 0 Å². The lowest BCUT2D eigenvalue weighted by Gasteiger charge is -2.37. The monoisotopic (exact) mass is 404 g/mol. The van der Waals surface area contributed by atoms with Crippen LogP contribution in [0.4, 0.5) is 14.5 Å². The van der Waals surface area contributed by atoms with Gasteiger partial charge in [0, 0.05) is 19.6 Å². The van der Waals surface area contributed by atoms with Crippen molar-refractivity contribution in [2.24, 2.45) is 5.92 Å². The maximum absolute atomic E-state index is 13.7. The number of carbonyl (C=O) groups is 1. The third-order valence-electron chi connectivity index (χ3n) is 5.41. The van der Waals surface area contributed by atoms with Crippen molar-refractivity contribution in [1.29, 1.82) is 5.26 Å². The van der Waals surface area contributed by atoms with Crippen LogP contribution in [0.3, 0.4) is 0 Å². The average Bonchev–Trinajstić information content (AvgIpc) is 3.31. The van der Waals surface area contributed by atoms with Gasteiger partial charge in [0.1, 0.15) is 11.8 Å². The van der Waals surface area contributed by atoms with Crippen LogP contribution in [0.15, 0.2) is 24.4 Å². The second-order valence-electron chi connectivity index (χ2n) is 7.52. The Labute approximate surface area is 166 Å². The fourth-order valence-electron chi connectivity index (χ4n) is 3.91. The van der Waals surface area contributed by atoms with Crippen LogP contribution in [0.2, 0.25) is 0 Å². The van der Waals surface area contributed by atoms with Gasteiger partial charge in [0.2, 0.25) is 0 Å². The van der Waals surface area contributed by atoms with Gasteiger partial charge in [-0.1, -0.05) is 0 Å². The predicted octanol–water partition coefficient (Wildman–Crippen LogP) is 0.771. The third-order valence-corrected chi connectivity index (χ3v) is 5.41. The fraction of sp³-hybridized carbons (Fsp3) is 0.526. The molecule has 8 nitrogen and oxygen atoms in total. The standard InChI is InChI=1S/C19H22F2N6O2/c1-12-9-26(15-3-2-14(6-22)27-16(15)4-5-25-27)10-17(29-12)18(28)24-8-13-7-23-11-19(13,20)21/h2-5,12-13,17,23H,7-11H2,1H3,(H,24,28). The summed E-state index contributed by atoms with van der Waals surface area (Å²) in [6.07, 6.45) is 0.608. The number of carbonyl (C=O) groups excluding carboxylic acids is 1. The quantitative estimate of drug-likeness (QED) is 0.782. The van der Waals surface area contributed by atoms with Gasteiger partial charge in [-0.3, -0.25) is 4.79 Å². The summed E-state index contributed by atoms with van der Waals surface area (Å²) in [4.78, 5) is 14.6. The third kappa shape index (κ3) is 3.75. The molecule has 29 heavy (non-hydrogen) atoms. The van der Waals surface area contributed by atoms with Crippen molar-refractivity contribution >= 4 is 17.1 Å². The highest BCUT2D eigenvalue weighted by Crippen LogP contribution is 2.28. The highest BCUT2D eigenvalue weighted by molar-refractivity contribution is 5.82. The van der Waals surface area contributed by atoms with Gasteiger partial charge in [-0.25, -0.2) is 13.3 Å². The minimum atomic E-state index is -2.82. The summed E-state index contributed by atoms with van der Waals surface area (Å²) in [5, 5.41) is 18.7. The van der Waals surface area contributed by atoms with Crippen LogP contribution in [-0.2, 0) is 9.53 Å². The summed E-state index contributed by atoms with van der Waals surface area (Å²) in [5.41, 5.74) is 2.01. The van der Waals surface area contributed by atoms with Gasteiger partial charge in [0.05, 0.1) is 42.5 Å². The van der Waals surface area contributed by atoms with Crippen LogP contribution in [0.25, 0.3) is 5.52 Å². The molecular formula is C19H22F2N6O2. The zero-order valence-corrected chi connectivity index (χ0v) is 15.9. The van der Waals surface area contributed by atoms with Crippen LogP contribution in [0.1, 0.15) is 12.6 Å². The van der Waals surface area contributed by atoms with Crippen molar-refractivity contribution in [1.82, 2.24) is 20.2 Å². The summed E-state index contributed by atoms with van der Waals surface area (Å²) in [7, 11) is 0. The van der Waals surface area contributed by atoms with Crippen molar-refractivity contribution in [2.75, 3.05) is 37.6 Å². The summed E-state index contributed by atoms with van der Waals surface area (Å²) in [6.45, 7) is 2.41. The molecule has 3 unspecified atom stereocenters. The van der Waals surface area contributed by atoms with Crippen LogP contribution < -0.4 is 15.5 Å². The van der Waals surface area contributed by atoms with Gasteiger partial charge in [0.15, 0.2) is 6.10 Å². The number of nitriles is 1. The number of nitrogens with zero attached hydrogens (tertiary/aromatic N) is 4. The van der Waals surface area contributed by atoms with Gasteiger partial charge >= 0.3 is 0 Å². The second-order valence-corrected chi connectivity index (χ2v) is 7.52. The summed E-state index contributed by atoms with van der Waals surface area (Å²) in [6, 6.07) is 7.41. The maximum Gasteiger partial charge on any atom is 0.265 e. The molecule has 2 fully saturated rings. The van der Waals surface area contributed by atoms with Crippen LogP contribution in [-0.4, -0.2) is 66.4 Å². The first-order chi connectivity index (χ1) is 13.9. The second kappa shape index (κ2) is 7.57. The number of halogens is 2. The Morgan fingerprint density at radius 2 is 2.28 bits per heavy atom. The topological polar surface area (TPSA) is 94.7 Å². The molecule has 3 atom stereocenters. The molecule has 0 aromatic carbocycles. The number of aromatic nitrogens is 2. The molecule has 0 aliphatic carbocycles. The number of hydrogen-bond acceptors (Lipinski definition) is 6. The molecule has 2 aromatic rings. The summed E-state index contributed by atoms with van der Waals surface area (Å²) < 4.78 is 34.8. The fourth-order valence-corrected chi connectivity index (χ4v) is 3.91. The van der Waals surface area contributed by atoms with Crippen molar-refractivity contribution < 1.29 is 18.3 Å². The van der Waals surface area contributed by atoms with Crippen molar-refractivity contribution in [2.45, 2.75) is 25.1 Å². The minimum absolute atomic E-state index is 0.100. The van der Waals surface area contributed by atoms with Crippen LogP contribution in [0, 0.1) is 17.2 Å². The molecule has 2 aliphatic rings. The van der Waals surface area contributed by atoms with E-state index in [9.17, 15) is 18.8 Å². The smallest absolute Gasteiger partial charge is 0.265 e. The lowest BCUT2D eigenvalue weighted by atomic mass is 10.1. The van der Waals surface area contributed by atoms with Gasteiger partial charge < -0.3 is 20.3 Å². The van der Waals surface area contributed by atoms with Crippen LogP contribution in [0.5, 0.6) is 0 Å². The first-order valence-corrected chi connectivity index (χ1v) is 9.52. The first kappa shape index (κ1) is 19.5. The molecular weight excluding hydrogens is 382 g/mol. The number of amides is 1. The van der Waals surface area contributed by atoms with Crippen molar-refractivity contribution in [3.8, 4) is 6.07 Å². The van der Waals surface area contributed by atoms with Gasteiger partial charge in [0.25, 0.3) is 11.8 Å². The lowest BCUT2D eigenvalue weighted by molar-refractivity contribution is -0.138. The highest BCUT2D eigenvalue weighted by atomic mass is 19.3. The number of morpholine rings is 1. The van der Waals surface area contributed by atoms with E-state index in [1.54, 1.807) is 22.8 Å². The molecule has 2 aromatic heterocycles. The number of anilines is 1. The number of alkyl halides is 2. The van der Waals surface area contributed by atoms with E-state index >= 15 is 0 Å². The Morgan fingerprint density at radius 3 is 3.00 bits per heavy atom. The number of nitrogens with one attached hydrogen (secondary N) is 2. The van der Waals surface area contributed by atoms with Gasteiger partial charge in [-0.15, -0.1) is 0 Å². The van der Waals surface area contributed by atoms with E-state index in [1.807, 2.05) is 17.9 Å². The Balaban J connectivity index is 1.48. The summed E-state index contributed by atoms with van der Waals surface area (Å²) in [5.74, 6) is -4.15. The van der Waals surface area contributed by atoms with Gasteiger partial charge in [-0.2, -0.15) is 10.4 Å². The van der Waals surface area contributed by atoms with Crippen molar-refractivity contribution in [3.63, 3.8) is 0 Å². The minimum Gasteiger partial charge on any atom is -0.364 e. The predicted molar refractivity (Wildman–Crippen MR) is 101 cm³/mol. The zero-order valence-electron chi connectivity index (χ0n) is 15.9. The molecule has 154 valence electrons. The lowest BCUT2D eigenvalue weighted by Crippen LogP contribution is -2.54. The first-order valence-electron chi connectivity index (χ1n) is 9.52. The Bertz CT molecular complexity index is 956. The Kier molecular flexibility index (Phi) is 5.10. The van der Waals surface area contributed by atoms with E-state index in [0.29, 0.717) is 12.2 Å². The number of ether oxygens (including phenoxy) is 1. The Morgan fingerprint density at radius 1 is 1.45 bits per heavy atom.